The van der Waals surface area contributed by atoms with Gasteiger partial charge in [-0.1, -0.05) is 55.5 Å². The minimum absolute atomic E-state index is 0.0490. The number of carbonyl (C=O) groups is 5. The second-order valence-corrected chi connectivity index (χ2v) is 11.4. The SMILES string of the molecule is CC1CCCN([C@@H](C[C@@H]2CCNC2=O)C(=O)C(=O)NCc2ccccc2)C(=O)[C@@H](NC(=O)c2cc3ccccc3[nH]2)C1. The first kappa shape index (κ1) is 29.0. The van der Waals surface area contributed by atoms with Crippen molar-refractivity contribution in [1.29, 1.82) is 0 Å². The Morgan fingerprint density at radius 1 is 1.02 bits per heavy atom. The van der Waals surface area contributed by atoms with Crippen LogP contribution < -0.4 is 16.0 Å². The first-order valence-corrected chi connectivity index (χ1v) is 14.6. The number of carbonyl (C=O) groups excluding carboxylic acids is 5. The van der Waals surface area contributed by atoms with Crippen molar-refractivity contribution in [3.05, 3.63) is 71.9 Å². The smallest absolute Gasteiger partial charge is 0.289 e. The van der Waals surface area contributed by atoms with Crippen molar-refractivity contribution in [2.75, 3.05) is 13.1 Å². The molecule has 2 fully saturated rings. The molecule has 2 aliphatic rings. The van der Waals surface area contributed by atoms with Gasteiger partial charge in [-0.3, -0.25) is 24.0 Å². The zero-order valence-corrected chi connectivity index (χ0v) is 23.7. The summed E-state index contributed by atoms with van der Waals surface area (Å²) in [7, 11) is 0. The van der Waals surface area contributed by atoms with E-state index in [1.54, 1.807) is 6.07 Å². The molecule has 10 heteroatoms. The lowest BCUT2D eigenvalue weighted by molar-refractivity contribution is -0.148. The van der Waals surface area contributed by atoms with Gasteiger partial charge in [0.1, 0.15) is 17.8 Å². The van der Waals surface area contributed by atoms with Crippen molar-refractivity contribution < 1.29 is 24.0 Å². The molecule has 3 heterocycles. The molecule has 0 bridgehead atoms. The number of ketones is 1. The van der Waals surface area contributed by atoms with E-state index >= 15 is 0 Å². The average molecular weight is 572 g/mol. The summed E-state index contributed by atoms with van der Waals surface area (Å²) in [6.07, 6.45) is 2.39. The fourth-order valence-electron chi connectivity index (χ4n) is 5.94. The van der Waals surface area contributed by atoms with E-state index in [9.17, 15) is 24.0 Å². The molecule has 10 nitrogen and oxygen atoms in total. The van der Waals surface area contributed by atoms with Crippen molar-refractivity contribution >= 4 is 40.3 Å². The lowest BCUT2D eigenvalue weighted by Gasteiger charge is -2.37. The predicted octanol–water partition coefficient (Wildman–Crippen LogP) is 2.70. The van der Waals surface area contributed by atoms with Crippen molar-refractivity contribution in [2.45, 2.75) is 57.7 Å². The summed E-state index contributed by atoms with van der Waals surface area (Å²) in [5.74, 6) is -2.91. The van der Waals surface area contributed by atoms with Gasteiger partial charge in [0.2, 0.25) is 17.6 Å². The van der Waals surface area contributed by atoms with Crippen LogP contribution in [0.1, 0.15) is 55.1 Å². The van der Waals surface area contributed by atoms with E-state index in [1.165, 1.54) is 4.90 Å². The second kappa shape index (κ2) is 13.0. The van der Waals surface area contributed by atoms with Crippen molar-refractivity contribution in [3.63, 3.8) is 0 Å². The Labute approximate surface area is 244 Å². The summed E-state index contributed by atoms with van der Waals surface area (Å²) in [4.78, 5) is 71.2. The molecule has 220 valence electrons. The molecule has 2 aromatic carbocycles. The summed E-state index contributed by atoms with van der Waals surface area (Å²) < 4.78 is 0. The van der Waals surface area contributed by atoms with Gasteiger partial charge in [-0.15, -0.1) is 0 Å². The highest BCUT2D eigenvalue weighted by atomic mass is 16.2. The average Bonchev–Trinajstić information content (AvgIpc) is 3.62. The predicted molar refractivity (Wildman–Crippen MR) is 157 cm³/mol. The number of rotatable bonds is 9. The van der Waals surface area contributed by atoms with Crippen LogP contribution in [-0.2, 0) is 25.7 Å². The third-order valence-corrected chi connectivity index (χ3v) is 8.26. The van der Waals surface area contributed by atoms with E-state index in [4.69, 9.17) is 0 Å². The zero-order chi connectivity index (χ0) is 29.6. The Kier molecular flexibility index (Phi) is 9.00. The van der Waals surface area contributed by atoms with Crippen molar-refractivity contribution in [2.24, 2.45) is 11.8 Å². The molecule has 3 aromatic rings. The zero-order valence-electron chi connectivity index (χ0n) is 23.7. The molecule has 4 atom stereocenters. The van der Waals surface area contributed by atoms with Crippen LogP contribution in [0.5, 0.6) is 0 Å². The van der Waals surface area contributed by atoms with Crippen LogP contribution in [-0.4, -0.2) is 64.5 Å². The topological polar surface area (TPSA) is 140 Å². The number of hydrogen-bond acceptors (Lipinski definition) is 5. The molecular weight excluding hydrogens is 534 g/mol. The number of hydrogen-bond donors (Lipinski definition) is 4. The molecule has 1 unspecified atom stereocenters. The molecule has 0 aliphatic carbocycles. The van der Waals surface area contributed by atoms with Gasteiger partial charge in [0, 0.05) is 36.5 Å². The molecule has 4 N–H and O–H groups in total. The molecule has 0 spiro atoms. The normalized spacial score (nSPS) is 21.7. The monoisotopic (exact) mass is 571 g/mol. The Hall–Kier alpha value is -4.47. The number of aromatic nitrogens is 1. The van der Waals surface area contributed by atoms with E-state index in [-0.39, 0.29) is 31.3 Å². The maximum absolute atomic E-state index is 14.1. The standard InChI is InChI=1S/C32H37N5O5/c1-20-8-7-15-37(32(42)26(16-20)36-30(40)25-17-22-11-5-6-12-24(22)35-25)27(18-23-13-14-33-29(23)39)28(38)31(41)34-19-21-9-3-2-4-10-21/h2-6,9-12,17,20,23,26-27,35H,7-8,13-16,18-19H2,1H3,(H,33,39)(H,34,41)(H,36,40)/t20?,23-,26-,27-/m0/s1. The van der Waals surface area contributed by atoms with E-state index in [0.29, 0.717) is 31.5 Å². The number of nitrogens with zero attached hydrogens (tertiary/aromatic N) is 1. The van der Waals surface area contributed by atoms with Gasteiger partial charge in [0.05, 0.1) is 0 Å². The van der Waals surface area contributed by atoms with Gasteiger partial charge < -0.3 is 25.8 Å². The highest BCUT2D eigenvalue weighted by Gasteiger charge is 2.41. The van der Waals surface area contributed by atoms with Gasteiger partial charge in [-0.25, -0.2) is 0 Å². The lowest BCUT2D eigenvalue weighted by Crippen LogP contribution is -2.57. The molecule has 4 amide bonds. The van der Waals surface area contributed by atoms with Crippen LogP contribution in [0.4, 0.5) is 0 Å². The Balaban J connectivity index is 1.37. The van der Waals surface area contributed by atoms with Gasteiger partial charge in [0.25, 0.3) is 11.8 Å². The first-order valence-electron chi connectivity index (χ1n) is 14.6. The van der Waals surface area contributed by atoms with Crippen LogP contribution in [0, 0.1) is 11.8 Å². The molecule has 2 aliphatic heterocycles. The molecule has 1 aromatic heterocycles. The van der Waals surface area contributed by atoms with Crippen molar-refractivity contribution in [3.8, 4) is 0 Å². The Morgan fingerprint density at radius 2 is 1.79 bits per heavy atom. The molecule has 5 rings (SSSR count). The van der Waals surface area contributed by atoms with Gasteiger partial charge in [-0.2, -0.15) is 0 Å². The van der Waals surface area contributed by atoms with Crippen LogP contribution in [0.3, 0.4) is 0 Å². The summed E-state index contributed by atoms with van der Waals surface area (Å²) in [5, 5.41) is 9.23. The van der Waals surface area contributed by atoms with Crippen LogP contribution >= 0.6 is 0 Å². The largest absolute Gasteiger partial charge is 0.356 e. The van der Waals surface area contributed by atoms with Gasteiger partial charge in [0.15, 0.2) is 0 Å². The van der Waals surface area contributed by atoms with E-state index in [0.717, 1.165) is 22.9 Å². The quantitative estimate of drug-likeness (QED) is 0.293. The molecule has 0 radical (unpaired) electrons. The lowest BCUT2D eigenvalue weighted by atomic mass is 9.89. The Bertz CT molecular complexity index is 1440. The molecule has 42 heavy (non-hydrogen) atoms. The van der Waals surface area contributed by atoms with Gasteiger partial charge >= 0.3 is 0 Å². The van der Waals surface area contributed by atoms with E-state index < -0.39 is 41.5 Å². The maximum atomic E-state index is 14.1. The molecule has 2 saturated heterocycles. The van der Waals surface area contributed by atoms with E-state index in [2.05, 4.69) is 20.9 Å². The number of para-hydroxylation sites is 1. The summed E-state index contributed by atoms with van der Waals surface area (Å²) >= 11 is 0. The third kappa shape index (κ3) is 6.70. The third-order valence-electron chi connectivity index (χ3n) is 8.26. The molecule has 0 saturated carbocycles. The number of likely N-dealkylation sites (tertiary alicyclic amines) is 1. The van der Waals surface area contributed by atoms with Crippen molar-refractivity contribution in [1.82, 2.24) is 25.8 Å². The second-order valence-electron chi connectivity index (χ2n) is 11.4. The first-order chi connectivity index (χ1) is 20.3. The number of aromatic amines is 1. The Morgan fingerprint density at radius 3 is 2.52 bits per heavy atom. The van der Waals surface area contributed by atoms with Crippen LogP contribution in [0.2, 0.25) is 0 Å². The van der Waals surface area contributed by atoms with E-state index in [1.807, 2.05) is 61.5 Å². The number of benzene rings is 2. The number of nitrogens with one attached hydrogen (secondary N) is 4. The summed E-state index contributed by atoms with van der Waals surface area (Å²) in [5.41, 5.74) is 1.98. The minimum Gasteiger partial charge on any atom is -0.356 e. The minimum atomic E-state index is -1.12. The molecular formula is C32H37N5O5. The summed E-state index contributed by atoms with van der Waals surface area (Å²) in [6, 6.07) is 16.5. The summed E-state index contributed by atoms with van der Waals surface area (Å²) in [6.45, 7) is 2.93. The number of amides is 4. The fraction of sp³-hybridized carbons (Fsp3) is 0.406. The highest BCUT2D eigenvalue weighted by Crippen LogP contribution is 2.26. The number of fused-ring (bicyclic) bond motifs is 1. The number of Topliss-reactive ketones (excluding diaryl/α,β-unsaturated/α-hetero) is 1. The fourth-order valence-corrected chi connectivity index (χ4v) is 5.94. The van der Waals surface area contributed by atoms with Crippen LogP contribution in [0.15, 0.2) is 60.7 Å². The maximum Gasteiger partial charge on any atom is 0.289 e. The number of H-pyrrole nitrogens is 1. The van der Waals surface area contributed by atoms with Gasteiger partial charge in [-0.05, 0) is 55.7 Å². The highest BCUT2D eigenvalue weighted by molar-refractivity contribution is 6.38. The van der Waals surface area contributed by atoms with Crippen LogP contribution in [0.25, 0.3) is 10.9 Å².